The van der Waals surface area contributed by atoms with Gasteiger partial charge in [-0.25, -0.2) is 4.98 Å². The van der Waals surface area contributed by atoms with Crippen LogP contribution < -0.4 is 4.90 Å². The summed E-state index contributed by atoms with van der Waals surface area (Å²) in [5, 5.41) is 1.27. The Kier molecular flexibility index (Phi) is 5.43. The van der Waals surface area contributed by atoms with E-state index in [0.29, 0.717) is 0 Å². The van der Waals surface area contributed by atoms with E-state index >= 15 is 0 Å². The number of aryl methyl sites for hydroxylation is 2. The summed E-state index contributed by atoms with van der Waals surface area (Å²) in [6, 6.07) is 25.7. The molecular weight excluding hydrogens is 342 g/mol. The Labute approximate surface area is 167 Å². The molecule has 0 unspecified atom stereocenters. The van der Waals surface area contributed by atoms with Crippen LogP contribution in [0.3, 0.4) is 0 Å². The van der Waals surface area contributed by atoms with Crippen molar-refractivity contribution in [3.8, 4) is 0 Å². The first kappa shape index (κ1) is 18.3. The normalized spacial score (nSPS) is 11.1. The average molecular weight is 370 g/mol. The fraction of sp³-hybridized carbons (Fsp3) is 0.240. The fourth-order valence-corrected chi connectivity index (χ4v) is 3.89. The fourth-order valence-electron chi connectivity index (χ4n) is 3.89. The van der Waals surface area contributed by atoms with Crippen LogP contribution in [0.15, 0.2) is 79.0 Å². The van der Waals surface area contributed by atoms with Crippen LogP contribution in [0.25, 0.3) is 10.9 Å². The summed E-state index contributed by atoms with van der Waals surface area (Å²) in [4.78, 5) is 7.26. The summed E-state index contributed by atoms with van der Waals surface area (Å²) in [5.74, 6) is 1.06. The Morgan fingerprint density at radius 3 is 2.04 bits per heavy atom. The van der Waals surface area contributed by atoms with Crippen LogP contribution >= 0.6 is 0 Å². The van der Waals surface area contributed by atoms with Crippen molar-refractivity contribution in [2.75, 3.05) is 4.90 Å². The summed E-state index contributed by atoms with van der Waals surface area (Å²) < 4.78 is 2.42. The van der Waals surface area contributed by atoms with Crippen LogP contribution in [0.4, 0.5) is 5.82 Å². The lowest BCUT2D eigenvalue weighted by atomic mass is 10.1. The van der Waals surface area contributed by atoms with Crippen molar-refractivity contribution < 1.29 is 0 Å². The van der Waals surface area contributed by atoms with Crippen molar-refractivity contribution in [1.82, 2.24) is 9.55 Å². The second-order valence-corrected chi connectivity index (χ2v) is 7.34. The van der Waals surface area contributed by atoms with E-state index in [1.807, 2.05) is 6.20 Å². The quantitative estimate of drug-likeness (QED) is 0.401. The molecule has 0 atom stereocenters. The van der Waals surface area contributed by atoms with E-state index in [9.17, 15) is 0 Å². The molecule has 0 N–H and O–H groups in total. The molecule has 0 bridgehead atoms. The predicted octanol–water partition coefficient (Wildman–Crippen LogP) is 5.96. The highest BCUT2D eigenvalue weighted by Gasteiger charge is 2.17. The van der Waals surface area contributed by atoms with Crippen LogP contribution in [-0.4, -0.2) is 9.55 Å². The molecule has 0 radical (unpaired) electrons. The number of fused-ring (bicyclic) bond motifs is 1. The molecule has 142 valence electrons. The van der Waals surface area contributed by atoms with Crippen LogP contribution in [0.5, 0.6) is 0 Å². The summed E-state index contributed by atoms with van der Waals surface area (Å²) in [6.07, 6.45) is 3.05. The number of hydrogen-bond acceptors (Lipinski definition) is 2. The van der Waals surface area contributed by atoms with Crippen molar-refractivity contribution in [2.24, 2.45) is 0 Å². The average Bonchev–Trinajstić information content (AvgIpc) is 3.05. The minimum absolute atomic E-state index is 0.832. The van der Waals surface area contributed by atoms with Crippen LogP contribution in [0.1, 0.15) is 30.2 Å². The van der Waals surface area contributed by atoms with Gasteiger partial charge in [-0.2, -0.15) is 0 Å². The molecular formula is C25H27N3. The molecule has 0 saturated carbocycles. The van der Waals surface area contributed by atoms with E-state index in [1.165, 1.54) is 27.7 Å². The first-order valence-electron chi connectivity index (χ1n) is 10.0. The lowest BCUT2D eigenvalue weighted by molar-refractivity contribution is 0.681. The largest absolute Gasteiger partial charge is 0.346 e. The van der Waals surface area contributed by atoms with E-state index in [4.69, 9.17) is 4.98 Å². The summed E-state index contributed by atoms with van der Waals surface area (Å²) in [6.45, 7) is 7.10. The third-order valence-corrected chi connectivity index (χ3v) is 5.18. The smallest absolute Gasteiger partial charge is 0.153 e. The molecule has 0 aliphatic rings. The predicted molar refractivity (Wildman–Crippen MR) is 118 cm³/mol. The maximum Gasteiger partial charge on any atom is 0.153 e. The number of nitrogens with zero attached hydrogens (tertiary/aromatic N) is 3. The molecule has 2 heterocycles. The van der Waals surface area contributed by atoms with Gasteiger partial charge < -0.3 is 9.47 Å². The first-order chi connectivity index (χ1) is 13.8. The molecule has 0 fully saturated rings. The highest BCUT2D eigenvalue weighted by Crippen LogP contribution is 2.30. The Morgan fingerprint density at radius 2 is 1.46 bits per heavy atom. The van der Waals surface area contributed by atoms with Crippen molar-refractivity contribution in [1.29, 1.82) is 0 Å². The van der Waals surface area contributed by atoms with E-state index in [0.717, 1.165) is 31.9 Å². The van der Waals surface area contributed by atoms with Gasteiger partial charge in [0.2, 0.25) is 0 Å². The molecule has 0 aliphatic carbocycles. The number of hydrogen-bond donors (Lipinski definition) is 0. The number of anilines is 1. The SMILES string of the molecule is CCCn1c(C)cc2ccnc(N(Cc3ccccc3)Cc3ccccc3)c21. The number of aromatic nitrogens is 2. The summed E-state index contributed by atoms with van der Waals surface area (Å²) in [7, 11) is 0. The Bertz CT molecular complexity index is 994. The summed E-state index contributed by atoms with van der Waals surface area (Å²) >= 11 is 0. The summed E-state index contributed by atoms with van der Waals surface area (Å²) in [5.41, 5.74) is 5.13. The molecule has 4 aromatic rings. The zero-order valence-corrected chi connectivity index (χ0v) is 16.7. The maximum atomic E-state index is 4.86. The van der Waals surface area contributed by atoms with Crippen molar-refractivity contribution in [3.63, 3.8) is 0 Å². The van der Waals surface area contributed by atoms with Crippen LogP contribution in [0.2, 0.25) is 0 Å². The Hall–Kier alpha value is -3.07. The topological polar surface area (TPSA) is 21.1 Å². The second kappa shape index (κ2) is 8.30. The van der Waals surface area contributed by atoms with Crippen LogP contribution in [0, 0.1) is 6.92 Å². The zero-order valence-electron chi connectivity index (χ0n) is 16.7. The van der Waals surface area contributed by atoms with Gasteiger partial charge in [0.15, 0.2) is 5.82 Å². The third-order valence-electron chi connectivity index (χ3n) is 5.18. The molecule has 3 nitrogen and oxygen atoms in total. The minimum Gasteiger partial charge on any atom is -0.346 e. The van der Waals surface area contributed by atoms with Gasteiger partial charge in [-0.3, -0.25) is 0 Å². The Balaban J connectivity index is 1.81. The lowest BCUT2D eigenvalue weighted by Gasteiger charge is -2.26. The second-order valence-electron chi connectivity index (χ2n) is 7.34. The van der Waals surface area contributed by atoms with Gasteiger partial charge in [0.05, 0.1) is 5.52 Å². The van der Waals surface area contributed by atoms with Gasteiger partial charge >= 0.3 is 0 Å². The molecule has 28 heavy (non-hydrogen) atoms. The van der Waals surface area contributed by atoms with E-state index < -0.39 is 0 Å². The minimum atomic E-state index is 0.832. The molecule has 0 amide bonds. The number of pyridine rings is 1. The monoisotopic (exact) mass is 369 g/mol. The van der Waals surface area contributed by atoms with Gasteiger partial charge in [0, 0.05) is 36.9 Å². The number of rotatable bonds is 7. The molecule has 0 aliphatic heterocycles. The highest BCUT2D eigenvalue weighted by atomic mass is 15.2. The third kappa shape index (κ3) is 3.79. The number of benzene rings is 2. The van der Waals surface area contributed by atoms with Crippen molar-refractivity contribution in [3.05, 3.63) is 95.8 Å². The van der Waals surface area contributed by atoms with Crippen molar-refractivity contribution in [2.45, 2.75) is 39.9 Å². The van der Waals surface area contributed by atoms with E-state index in [-0.39, 0.29) is 0 Å². The van der Waals surface area contributed by atoms with Gasteiger partial charge in [0.1, 0.15) is 0 Å². The molecule has 2 aromatic carbocycles. The molecule has 3 heteroatoms. The Morgan fingerprint density at radius 1 is 0.857 bits per heavy atom. The lowest BCUT2D eigenvalue weighted by Crippen LogP contribution is -2.24. The maximum absolute atomic E-state index is 4.86. The van der Waals surface area contributed by atoms with Gasteiger partial charge in [0.25, 0.3) is 0 Å². The standard InChI is InChI=1S/C25H27N3/c1-3-16-28-20(2)17-23-14-15-26-25(24(23)28)27(18-21-10-6-4-7-11-21)19-22-12-8-5-9-13-22/h4-15,17H,3,16,18-19H2,1-2H3. The molecule has 4 rings (SSSR count). The van der Waals surface area contributed by atoms with E-state index in [1.54, 1.807) is 0 Å². The van der Waals surface area contributed by atoms with Gasteiger partial charge in [-0.15, -0.1) is 0 Å². The van der Waals surface area contributed by atoms with E-state index in [2.05, 4.69) is 96.1 Å². The van der Waals surface area contributed by atoms with Gasteiger partial charge in [-0.05, 0) is 36.6 Å². The first-order valence-corrected chi connectivity index (χ1v) is 10.0. The molecule has 0 spiro atoms. The molecule has 0 saturated heterocycles. The highest BCUT2D eigenvalue weighted by molar-refractivity contribution is 5.90. The van der Waals surface area contributed by atoms with Gasteiger partial charge in [-0.1, -0.05) is 67.6 Å². The van der Waals surface area contributed by atoms with Crippen molar-refractivity contribution >= 4 is 16.7 Å². The molecule has 2 aromatic heterocycles. The zero-order chi connectivity index (χ0) is 19.3. The van der Waals surface area contributed by atoms with Crippen LogP contribution in [-0.2, 0) is 19.6 Å².